The SMILES string of the molecule is CCCCCCCCCCCCCCCCOCC1(COP(=O)(O)OC2CC[N+](C)(C)CC2)CCCO1. The zero-order valence-electron chi connectivity index (χ0n) is 24.4. The third-order valence-electron chi connectivity index (χ3n) is 8.08. The molecule has 0 aromatic heterocycles. The molecule has 0 amide bonds. The molecule has 0 aromatic carbocycles. The van der Waals surface area contributed by atoms with Gasteiger partial charge in [0.25, 0.3) is 0 Å². The second kappa shape index (κ2) is 18.4. The van der Waals surface area contributed by atoms with E-state index in [1.54, 1.807) is 0 Å². The van der Waals surface area contributed by atoms with Crippen molar-refractivity contribution in [2.24, 2.45) is 0 Å². The van der Waals surface area contributed by atoms with Crippen LogP contribution in [0.4, 0.5) is 0 Å². The fraction of sp³-hybridized carbons (Fsp3) is 1.00. The number of quaternary nitrogens is 1. The minimum atomic E-state index is -4.12. The number of phosphoric ester groups is 1. The maximum absolute atomic E-state index is 12.6. The lowest BCUT2D eigenvalue weighted by molar-refractivity contribution is -0.896. The summed E-state index contributed by atoms with van der Waals surface area (Å²) in [4.78, 5) is 10.3. The summed E-state index contributed by atoms with van der Waals surface area (Å²) in [6.07, 6.45) is 21.8. The molecular weight excluding hydrogens is 489 g/mol. The smallest absolute Gasteiger partial charge is 0.378 e. The van der Waals surface area contributed by atoms with E-state index in [1.807, 2.05) is 0 Å². The first-order valence-corrected chi connectivity index (χ1v) is 16.9. The third-order valence-corrected chi connectivity index (χ3v) is 9.10. The predicted octanol–water partition coefficient (Wildman–Crippen LogP) is 7.41. The first-order chi connectivity index (χ1) is 17.8. The van der Waals surface area contributed by atoms with Crippen molar-refractivity contribution in [1.82, 2.24) is 0 Å². The molecule has 8 heteroatoms. The Kier molecular flexibility index (Phi) is 16.5. The number of hydrogen-bond acceptors (Lipinski definition) is 5. The highest BCUT2D eigenvalue weighted by molar-refractivity contribution is 7.47. The van der Waals surface area contributed by atoms with E-state index in [9.17, 15) is 9.46 Å². The van der Waals surface area contributed by atoms with Crippen molar-refractivity contribution in [3.63, 3.8) is 0 Å². The number of nitrogens with zero attached hydrogens (tertiary/aromatic N) is 1. The fourth-order valence-electron chi connectivity index (χ4n) is 5.45. The average Bonchev–Trinajstić information content (AvgIpc) is 3.33. The molecule has 0 aromatic rings. The van der Waals surface area contributed by atoms with Crippen LogP contribution >= 0.6 is 7.82 Å². The van der Waals surface area contributed by atoms with Crippen LogP contribution in [-0.2, 0) is 23.1 Å². The van der Waals surface area contributed by atoms with Gasteiger partial charge in [-0.2, -0.15) is 0 Å². The van der Waals surface area contributed by atoms with Crippen molar-refractivity contribution in [3.8, 4) is 0 Å². The molecule has 37 heavy (non-hydrogen) atoms. The zero-order valence-corrected chi connectivity index (χ0v) is 25.3. The summed E-state index contributed by atoms with van der Waals surface area (Å²) in [5.41, 5.74) is -0.636. The topological polar surface area (TPSA) is 74.2 Å². The molecule has 2 fully saturated rings. The Bertz CT molecular complexity index is 616. The minimum Gasteiger partial charge on any atom is -0.378 e. The Morgan fingerprint density at radius 2 is 1.41 bits per heavy atom. The summed E-state index contributed by atoms with van der Waals surface area (Å²) >= 11 is 0. The lowest BCUT2D eigenvalue weighted by atomic mass is 10.0. The van der Waals surface area contributed by atoms with Crippen LogP contribution in [0, 0.1) is 0 Å². The quantitative estimate of drug-likeness (QED) is 0.0863. The van der Waals surface area contributed by atoms with Gasteiger partial charge in [-0.25, -0.2) is 4.57 Å². The Balaban J connectivity index is 1.48. The van der Waals surface area contributed by atoms with Crippen LogP contribution in [0.3, 0.4) is 0 Å². The normalized spacial score (nSPS) is 23.9. The number of rotatable bonds is 22. The van der Waals surface area contributed by atoms with Crippen LogP contribution < -0.4 is 0 Å². The van der Waals surface area contributed by atoms with Crippen LogP contribution in [-0.4, -0.2) is 74.7 Å². The number of phosphoric acid groups is 1. The number of ether oxygens (including phenoxy) is 2. The highest BCUT2D eigenvalue weighted by atomic mass is 31.2. The summed E-state index contributed by atoms with van der Waals surface area (Å²) < 4.78 is 36.3. The molecule has 220 valence electrons. The molecular formula is C29H59NO6P+. The standard InChI is InChI=1S/C29H58NO6P/c1-4-5-6-7-8-9-10-11-12-13-14-15-16-17-24-33-26-29(21-18-25-34-29)27-35-37(31,32)36-28-19-22-30(2,3)23-20-28/h28H,4-27H2,1-3H3/p+1. The summed E-state index contributed by atoms with van der Waals surface area (Å²) in [5, 5.41) is 0. The van der Waals surface area contributed by atoms with Crippen LogP contribution in [0.2, 0.25) is 0 Å². The van der Waals surface area contributed by atoms with Crippen molar-refractivity contribution in [1.29, 1.82) is 0 Å². The summed E-state index contributed by atoms with van der Waals surface area (Å²) in [7, 11) is 0.227. The molecule has 1 N–H and O–H groups in total. The molecule has 2 atom stereocenters. The summed E-state index contributed by atoms with van der Waals surface area (Å²) in [6.45, 7) is 5.92. The molecule has 0 saturated carbocycles. The van der Waals surface area contributed by atoms with E-state index in [0.717, 1.165) is 49.7 Å². The molecule has 0 aliphatic carbocycles. The molecule has 0 spiro atoms. The number of unbranched alkanes of at least 4 members (excludes halogenated alkanes) is 13. The van der Waals surface area contributed by atoms with Crippen molar-refractivity contribution in [2.75, 3.05) is 53.6 Å². The predicted molar refractivity (Wildman–Crippen MR) is 151 cm³/mol. The van der Waals surface area contributed by atoms with Crippen molar-refractivity contribution in [3.05, 3.63) is 0 Å². The zero-order chi connectivity index (χ0) is 26.9. The van der Waals surface area contributed by atoms with E-state index in [0.29, 0.717) is 19.8 Å². The average molecular weight is 549 g/mol. The lowest BCUT2D eigenvalue weighted by Gasteiger charge is -2.37. The minimum absolute atomic E-state index is 0.0355. The summed E-state index contributed by atoms with van der Waals surface area (Å²) in [5.74, 6) is 0. The lowest BCUT2D eigenvalue weighted by Crippen LogP contribution is -2.47. The molecule has 2 aliphatic heterocycles. The second-order valence-electron chi connectivity index (χ2n) is 12.2. The van der Waals surface area contributed by atoms with Crippen LogP contribution in [0.5, 0.6) is 0 Å². The molecule has 2 aliphatic rings. The van der Waals surface area contributed by atoms with Crippen molar-refractivity contribution < 1.29 is 32.5 Å². The number of hydrogen-bond donors (Lipinski definition) is 1. The highest BCUT2D eigenvalue weighted by Gasteiger charge is 2.40. The molecule has 2 rings (SSSR count). The number of piperidine rings is 1. The Morgan fingerprint density at radius 3 is 1.92 bits per heavy atom. The Morgan fingerprint density at radius 1 is 0.865 bits per heavy atom. The van der Waals surface area contributed by atoms with E-state index in [4.69, 9.17) is 18.5 Å². The number of likely N-dealkylation sites (tertiary alicyclic amines) is 1. The van der Waals surface area contributed by atoms with Gasteiger partial charge in [0.15, 0.2) is 0 Å². The van der Waals surface area contributed by atoms with Crippen LogP contribution in [0.15, 0.2) is 0 Å². The van der Waals surface area contributed by atoms with Gasteiger partial charge in [0, 0.05) is 26.1 Å². The molecule has 2 unspecified atom stereocenters. The van der Waals surface area contributed by atoms with Gasteiger partial charge in [0.1, 0.15) is 5.60 Å². The van der Waals surface area contributed by atoms with Gasteiger partial charge in [-0.15, -0.1) is 0 Å². The highest BCUT2D eigenvalue weighted by Crippen LogP contribution is 2.47. The van der Waals surface area contributed by atoms with E-state index in [1.165, 1.54) is 83.5 Å². The van der Waals surface area contributed by atoms with Gasteiger partial charge in [0.05, 0.1) is 46.5 Å². The third kappa shape index (κ3) is 15.4. The van der Waals surface area contributed by atoms with E-state index in [2.05, 4.69) is 21.0 Å². The monoisotopic (exact) mass is 548 g/mol. The van der Waals surface area contributed by atoms with Crippen LogP contribution in [0.25, 0.3) is 0 Å². The van der Waals surface area contributed by atoms with Gasteiger partial charge >= 0.3 is 7.82 Å². The van der Waals surface area contributed by atoms with Crippen LogP contribution in [0.1, 0.15) is 122 Å². The van der Waals surface area contributed by atoms with Gasteiger partial charge in [-0.05, 0) is 19.3 Å². The maximum Gasteiger partial charge on any atom is 0.472 e. The Hall–Kier alpha value is -0.0100. The molecule has 2 heterocycles. The van der Waals surface area contributed by atoms with Gasteiger partial charge in [-0.1, -0.05) is 90.4 Å². The first kappa shape index (κ1) is 33.2. The molecule has 7 nitrogen and oxygen atoms in total. The van der Waals surface area contributed by atoms with Crippen molar-refractivity contribution in [2.45, 2.75) is 134 Å². The van der Waals surface area contributed by atoms with Gasteiger partial charge in [-0.3, -0.25) is 9.05 Å². The van der Waals surface area contributed by atoms with Crippen molar-refractivity contribution >= 4 is 7.82 Å². The molecule has 0 radical (unpaired) electrons. The summed E-state index contributed by atoms with van der Waals surface area (Å²) in [6, 6.07) is 0. The first-order valence-electron chi connectivity index (χ1n) is 15.5. The molecule has 2 saturated heterocycles. The fourth-order valence-corrected chi connectivity index (χ4v) is 6.49. The van der Waals surface area contributed by atoms with Gasteiger partial charge in [0.2, 0.25) is 0 Å². The van der Waals surface area contributed by atoms with E-state index < -0.39 is 13.4 Å². The maximum atomic E-state index is 12.6. The van der Waals surface area contributed by atoms with E-state index >= 15 is 0 Å². The van der Waals surface area contributed by atoms with E-state index in [-0.39, 0.29) is 12.7 Å². The Labute approximate surface area is 228 Å². The second-order valence-corrected chi connectivity index (χ2v) is 13.6. The largest absolute Gasteiger partial charge is 0.472 e. The van der Waals surface area contributed by atoms with Gasteiger partial charge < -0.3 is 18.9 Å². The molecule has 0 bridgehead atoms.